The topological polar surface area (TPSA) is 82.0 Å². The third-order valence-corrected chi connectivity index (χ3v) is 10.2. The summed E-state index contributed by atoms with van der Waals surface area (Å²) in [6.45, 7) is 6.26. The maximum absolute atomic E-state index is 15.4. The quantitative estimate of drug-likeness (QED) is 0.163. The summed E-state index contributed by atoms with van der Waals surface area (Å²) in [5, 5.41) is 2.76. The van der Waals surface area contributed by atoms with E-state index in [1.54, 1.807) is 0 Å². The lowest BCUT2D eigenvalue weighted by atomic mass is 9.84. The van der Waals surface area contributed by atoms with Crippen LogP contribution < -0.4 is 5.32 Å². The van der Waals surface area contributed by atoms with E-state index in [4.69, 9.17) is 25.8 Å². The Morgan fingerprint density at radius 1 is 1.29 bits per heavy atom. The summed E-state index contributed by atoms with van der Waals surface area (Å²) in [5.41, 5.74) is -1.44. The minimum Gasteiger partial charge on any atom is -0.385 e. The largest absolute Gasteiger partial charge is 0.416 e. The summed E-state index contributed by atoms with van der Waals surface area (Å²) in [6, 6.07) is 7.74. The molecule has 2 heterocycles. The standard InChI is InChI=1S/C28H33ClF3N3O4SSi/c1-37-16-27-13-24(27)28(15-30,35-26(40-27)39-25(36)34-17-38-9-10-41(2,3)4)20-11-18(5-7-21(20)31)12-22(32)23-8-6-19(29)14-33-23/h5-8,11-12,14,24H,9-10,13,15-17H2,1-4H3,(H,34,36)/b22-12-/t24-,27-,28-/m1/s1. The van der Waals surface area contributed by atoms with Gasteiger partial charge in [-0.1, -0.05) is 49.1 Å². The van der Waals surface area contributed by atoms with Crippen molar-refractivity contribution in [2.24, 2.45) is 10.9 Å². The SMILES string of the molecule is COC[C@]12C[C@H]1[C@@](CF)(c1cc(/C=C(\F)c3ccc(Cl)cn3)ccc1F)N=C(OC(=O)NCOCC[Si](C)(C)C)S2. The molecule has 0 unspecified atom stereocenters. The molecule has 4 rings (SSSR count). The number of nitrogens with one attached hydrogen (secondary N) is 1. The van der Waals surface area contributed by atoms with Gasteiger partial charge in [-0.3, -0.25) is 10.3 Å². The second kappa shape index (κ2) is 12.9. The zero-order chi connectivity index (χ0) is 29.8. The number of ether oxygens (including phenoxy) is 3. The molecule has 0 saturated heterocycles. The fourth-order valence-corrected chi connectivity index (χ4v) is 7.04. The van der Waals surface area contributed by atoms with Crippen molar-refractivity contribution in [3.63, 3.8) is 0 Å². The van der Waals surface area contributed by atoms with Gasteiger partial charge in [-0.2, -0.15) is 0 Å². The average molecular weight is 628 g/mol. The summed E-state index contributed by atoms with van der Waals surface area (Å²) < 4.78 is 61.0. The first-order chi connectivity index (χ1) is 19.4. The van der Waals surface area contributed by atoms with Crippen molar-refractivity contribution in [2.75, 3.05) is 33.7 Å². The normalized spacial score (nSPS) is 24.0. The zero-order valence-corrected chi connectivity index (χ0v) is 25.9. The van der Waals surface area contributed by atoms with E-state index in [0.29, 0.717) is 18.1 Å². The van der Waals surface area contributed by atoms with Gasteiger partial charge in [-0.15, -0.1) is 0 Å². The van der Waals surface area contributed by atoms with E-state index in [0.717, 1.165) is 12.1 Å². The van der Waals surface area contributed by atoms with Crippen molar-refractivity contribution in [3.05, 3.63) is 64.2 Å². The van der Waals surface area contributed by atoms with Crippen molar-refractivity contribution >= 4 is 54.7 Å². The smallest absolute Gasteiger partial charge is 0.385 e. The Morgan fingerprint density at radius 3 is 2.73 bits per heavy atom. The highest BCUT2D eigenvalue weighted by atomic mass is 35.5. The number of thioether (sulfide) groups is 1. The third-order valence-electron chi connectivity index (χ3n) is 6.99. The number of hydrogen-bond donors (Lipinski definition) is 1. The number of pyridine rings is 1. The van der Waals surface area contributed by atoms with E-state index in [9.17, 15) is 9.18 Å². The van der Waals surface area contributed by atoms with E-state index < -0.39 is 48.7 Å². The van der Waals surface area contributed by atoms with Gasteiger partial charge in [0.25, 0.3) is 5.23 Å². The number of methoxy groups -OCH3 is 1. The third kappa shape index (κ3) is 7.53. The van der Waals surface area contributed by atoms with Crippen LogP contribution in [0.4, 0.5) is 18.0 Å². The number of halogens is 4. The van der Waals surface area contributed by atoms with Gasteiger partial charge in [-0.05, 0) is 48.4 Å². The minimum atomic E-state index is -1.70. The molecule has 2 aliphatic rings. The van der Waals surface area contributed by atoms with E-state index in [2.05, 4.69) is 34.9 Å². The molecule has 0 radical (unpaired) electrons. The number of carbonyl (C=O) groups excluding carboxylic acids is 1. The van der Waals surface area contributed by atoms with Crippen molar-refractivity contribution in [3.8, 4) is 0 Å². The molecule has 1 aromatic heterocycles. The monoisotopic (exact) mass is 627 g/mol. The van der Waals surface area contributed by atoms with Crippen LogP contribution in [0.1, 0.15) is 23.2 Å². The molecular weight excluding hydrogens is 595 g/mol. The maximum Gasteiger partial charge on any atom is 0.416 e. The van der Waals surface area contributed by atoms with Gasteiger partial charge in [-0.25, -0.2) is 23.0 Å². The van der Waals surface area contributed by atoms with E-state index in [-0.39, 0.29) is 35.4 Å². The predicted molar refractivity (Wildman–Crippen MR) is 159 cm³/mol. The van der Waals surface area contributed by atoms with Gasteiger partial charge in [0, 0.05) is 39.5 Å². The van der Waals surface area contributed by atoms with Gasteiger partial charge in [0.2, 0.25) is 0 Å². The Morgan fingerprint density at radius 2 is 2.07 bits per heavy atom. The fourth-order valence-electron chi connectivity index (χ4n) is 4.74. The number of aliphatic imine (C=N–C) groups is 1. The molecule has 0 bridgehead atoms. The van der Waals surface area contributed by atoms with Crippen LogP contribution in [-0.2, 0) is 19.7 Å². The molecule has 0 spiro atoms. The Kier molecular flexibility index (Phi) is 9.90. The summed E-state index contributed by atoms with van der Waals surface area (Å²) >= 11 is 7.00. The van der Waals surface area contributed by atoms with Crippen molar-refractivity contribution < 1.29 is 32.2 Å². The van der Waals surface area contributed by atoms with Crippen molar-refractivity contribution in [1.82, 2.24) is 10.3 Å². The van der Waals surface area contributed by atoms with Crippen LogP contribution in [-0.4, -0.2) is 62.9 Å². The zero-order valence-electron chi connectivity index (χ0n) is 23.3. The van der Waals surface area contributed by atoms with E-state index in [1.807, 2.05) is 0 Å². The molecule has 3 atom stereocenters. The molecule has 1 N–H and O–H groups in total. The molecule has 13 heteroatoms. The molecule has 7 nitrogen and oxygen atoms in total. The van der Waals surface area contributed by atoms with Crippen LogP contribution in [0.25, 0.3) is 11.9 Å². The molecule has 1 aliphatic carbocycles. The first-order valence-electron chi connectivity index (χ1n) is 13.1. The van der Waals surface area contributed by atoms with Crippen LogP contribution in [0, 0.1) is 11.7 Å². The number of rotatable bonds is 11. The molecule has 41 heavy (non-hydrogen) atoms. The highest BCUT2D eigenvalue weighted by molar-refractivity contribution is 8.15. The molecule has 1 fully saturated rings. The van der Waals surface area contributed by atoms with Gasteiger partial charge in [0.15, 0.2) is 0 Å². The summed E-state index contributed by atoms with van der Waals surface area (Å²) in [6.07, 6.45) is 2.12. The van der Waals surface area contributed by atoms with Crippen molar-refractivity contribution in [2.45, 2.75) is 42.4 Å². The molecule has 1 aliphatic heterocycles. The highest BCUT2D eigenvalue weighted by Crippen LogP contribution is 2.66. The lowest BCUT2D eigenvalue weighted by Crippen LogP contribution is -2.41. The van der Waals surface area contributed by atoms with Gasteiger partial charge in [0.05, 0.1) is 22.1 Å². The Hall–Kier alpha value is -2.38. The van der Waals surface area contributed by atoms with Crippen LogP contribution in [0.15, 0.2) is 41.5 Å². The number of alkyl halides is 1. The predicted octanol–water partition coefficient (Wildman–Crippen LogP) is 7.05. The van der Waals surface area contributed by atoms with Crippen LogP contribution in [0.2, 0.25) is 30.7 Å². The van der Waals surface area contributed by atoms with Crippen molar-refractivity contribution in [1.29, 1.82) is 0 Å². The van der Waals surface area contributed by atoms with Gasteiger partial charge >= 0.3 is 6.09 Å². The minimum absolute atomic E-state index is 0.0417. The fraction of sp³-hybridized carbons (Fsp3) is 0.464. The molecule has 1 amide bonds. The Bertz CT molecular complexity index is 1330. The molecule has 2 aromatic rings. The number of benzene rings is 1. The summed E-state index contributed by atoms with van der Waals surface area (Å²) in [7, 11) is 0.231. The number of amides is 1. The average Bonchev–Trinajstić information content (AvgIpc) is 3.63. The number of fused-ring (bicyclic) bond motifs is 1. The lowest BCUT2D eigenvalue weighted by molar-refractivity contribution is 0.120. The second-order valence-electron chi connectivity index (χ2n) is 11.3. The second-order valence-corrected chi connectivity index (χ2v) is 18.7. The van der Waals surface area contributed by atoms with E-state index >= 15 is 8.78 Å². The van der Waals surface area contributed by atoms with Crippen LogP contribution in [0.3, 0.4) is 0 Å². The van der Waals surface area contributed by atoms with E-state index in [1.165, 1.54) is 55.4 Å². The van der Waals surface area contributed by atoms with Gasteiger partial charge in [0.1, 0.15) is 30.6 Å². The number of alkyl carbamates (subject to hydrolysis) is 1. The first-order valence-corrected chi connectivity index (χ1v) is 18.0. The summed E-state index contributed by atoms with van der Waals surface area (Å²) in [5.74, 6) is -1.83. The Labute approximate surface area is 247 Å². The molecule has 222 valence electrons. The molecular formula is C28H33ClF3N3O4SSi. The van der Waals surface area contributed by atoms with Crippen LogP contribution >= 0.6 is 23.4 Å². The Balaban J connectivity index is 1.59. The molecule has 1 aromatic carbocycles. The van der Waals surface area contributed by atoms with Crippen LogP contribution in [0.5, 0.6) is 0 Å². The van der Waals surface area contributed by atoms with Gasteiger partial charge < -0.3 is 14.2 Å². The number of aromatic nitrogens is 1. The maximum atomic E-state index is 15.4. The highest BCUT2D eigenvalue weighted by Gasteiger charge is 2.69. The first kappa shape index (κ1) is 31.6. The number of carbonyl (C=O) groups is 1. The lowest BCUT2D eigenvalue weighted by Gasteiger charge is -2.35. The summed E-state index contributed by atoms with van der Waals surface area (Å²) in [4.78, 5) is 20.9. The molecule has 1 saturated carbocycles. The number of nitrogens with zero attached hydrogens (tertiary/aromatic N) is 2. The number of hydrogen-bond acceptors (Lipinski definition) is 7.